The van der Waals surface area contributed by atoms with Gasteiger partial charge in [0.25, 0.3) is 0 Å². The number of hydrogen-bond acceptors (Lipinski definition) is 3. The standard InChI is InChI=1S/C13H15NO3/c1-13(2)6-5-8-7-9(11(14)12(15)16)3-4-10(8)17-13/h3-7,11H,14H2,1-2H3,(H,15,16). The van der Waals surface area contributed by atoms with Crippen molar-refractivity contribution in [3.8, 4) is 5.75 Å². The number of benzene rings is 1. The highest BCUT2D eigenvalue weighted by atomic mass is 16.5. The summed E-state index contributed by atoms with van der Waals surface area (Å²) >= 11 is 0. The van der Waals surface area contributed by atoms with Crippen LogP contribution in [0, 0.1) is 0 Å². The van der Waals surface area contributed by atoms with E-state index in [1.807, 2.05) is 26.0 Å². The van der Waals surface area contributed by atoms with Crippen LogP contribution in [0.5, 0.6) is 5.75 Å². The number of carboxylic acid groups (broad SMARTS) is 1. The summed E-state index contributed by atoms with van der Waals surface area (Å²) in [5, 5.41) is 8.85. The average molecular weight is 233 g/mol. The molecular weight excluding hydrogens is 218 g/mol. The van der Waals surface area contributed by atoms with Crippen LogP contribution in [-0.2, 0) is 4.79 Å². The molecule has 2 rings (SSSR count). The minimum atomic E-state index is -1.04. The Labute approximate surface area is 99.7 Å². The molecule has 90 valence electrons. The van der Waals surface area contributed by atoms with E-state index >= 15 is 0 Å². The van der Waals surface area contributed by atoms with Crippen molar-refractivity contribution in [1.29, 1.82) is 0 Å². The fourth-order valence-electron chi connectivity index (χ4n) is 1.73. The van der Waals surface area contributed by atoms with Crippen LogP contribution < -0.4 is 10.5 Å². The van der Waals surface area contributed by atoms with E-state index in [0.29, 0.717) is 5.56 Å². The molecule has 1 heterocycles. The molecule has 0 aromatic heterocycles. The second-order valence-corrected chi connectivity index (χ2v) is 4.65. The molecule has 0 bridgehead atoms. The molecule has 4 heteroatoms. The molecule has 1 aromatic carbocycles. The minimum Gasteiger partial charge on any atom is -0.483 e. The van der Waals surface area contributed by atoms with E-state index < -0.39 is 12.0 Å². The van der Waals surface area contributed by atoms with Gasteiger partial charge in [0.15, 0.2) is 0 Å². The second-order valence-electron chi connectivity index (χ2n) is 4.65. The molecule has 4 nitrogen and oxygen atoms in total. The van der Waals surface area contributed by atoms with Gasteiger partial charge < -0.3 is 15.6 Å². The zero-order chi connectivity index (χ0) is 12.6. The zero-order valence-corrected chi connectivity index (χ0v) is 9.81. The summed E-state index contributed by atoms with van der Waals surface area (Å²) < 4.78 is 5.74. The van der Waals surface area contributed by atoms with E-state index in [-0.39, 0.29) is 5.60 Å². The number of carbonyl (C=O) groups is 1. The van der Waals surface area contributed by atoms with Crippen LogP contribution in [0.25, 0.3) is 6.08 Å². The first-order chi connectivity index (χ1) is 7.89. The molecule has 0 saturated heterocycles. The van der Waals surface area contributed by atoms with Gasteiger partial charge in [-0.2, -0.15) is 0 Å². The van der Waals surface area contributed by atoms with E-state index in [2.05, 4.69) is 0 Å². The van der Waals surface area contributed by atoms with Gasteiger partial charge in [0.1, 0.15) is 17.4 Å². The SMILES string of the molecule is CC1(C)C=Cc2cc(C(N)C(=O)O)ccc2O1. The summed E-state index contributed by atoms with van der Waals surface area (Å²) in [5.41, 5.74) is 6.66. The summed E-state index contributed by atoms with van der Waals surface area (Å²) in [7, 11) is 0. The van der Waals surface area contributed by atoms with Gasteiger partial charge in [0, 0.05) is 5.56 Å². The van der Waals surface area contributed by atoms with Gasteiger partial charge in [-0.3, -0.25) is 4.79 Å². The zero-order valence-electron chi connectivity index (χ0n) is 9.81. The Morgan fingerprint density at radius 1 is 1.47 bits per heavy atom. The number of hydrogen-bond donors (Lipinski definition) is 2. The van der Waals surface area contributed by atoms with Crippen LogP contribution in [0.1, 0.15) is 31.0 Å². The third-order valence-electron chi connectivity index (χ3n) is 2.70. The molecule has 0 saturated carbocycles. The summed E-state index contributed by atoms with van der Waals surface area (Å²) in [6.45, 7) is 3.92. The van der Waals surface area contributed by atoms with Crippen LogP contribution in [0.2, 0.25) is 0 Å². The third-order valence-corrected chi connectivity index (χ3v) is 2.70. The Balaban J connectivity index is 2.37. The van der Waals surface area contributed by atoms with Crippen LogP contribution >= 0.6 is 0 Å². The van der Waals surface area contributed by atoms with E-state index in [1.165, 1.54) is 0 Å². The molecule has 1 aliphatic heterocycles. The van der Waals surface area contributed by atoms with E-state index in [0.717, 1.165) is 11.3 Å². The topological polar surface area (TPSA) is 72.6 Å². The number of nitrogens with two attached hydrogens (primary N) is 1. The van der Waals surface area contributed by atoms with Gasteiger partial charge in [0.05, 0.1) is 0 Å². The van der Waals surface area contributed by atoms with Gasteiger partial charge in [-0.25, -0.2) is 0 Å². The molecule has 17 heavy (non-hydrogen) atoms. The van der Waals surface area contributed by atoms with Gasteiger partial charge in [-0.1, -0.05) is 12.1 Å². The molecule has 0 aliphatic carbocycles. The van der Waals surface area contributed by atoms with Crippen molar-refractivity contribution >= 4 is 12.0 Å². The molecule has 0 fully saturated rings. The maximum Gasteiger partial charge on any atom is 0.325 e. The van der Waals surface area contributed by atoms with Crippen molar-refractivity contribution in [1.82, 2.24) is 0 Å². The van der Waals surface area contributed by atoms with Crippen molar-refractivity contribution in [2.45, 2.75) is 25.5 Å². The highest BCUT2D eigenvalue weighted by Gasteiger charge is 2.23. The lowest BCUT2D eigenvalue weighted by molar-refractivity contribution is -0.138. The van der Waals surface area contributed by atoms with Crippen LogP contribution in [0.4, 0.5) is 0 Å². The predicted octanol–water partition coefficient (Wildman–Crippen LogP) is 1.96. The Hall–Kier alpha value is -1.81. The van der Waals surface area contributed by atoms with Crippen molar-refractivity contribution in [2.75, 3.05) is 0 Å². The number of aliphatic carboxylic acids is 1. The highest BCUT2D eigenvalue weighted by Crippen LogP contribution is 2.32. The van der Waals surface area contributed by atoms with Gasteiger partial charge in [-0.05, 0) is 37.6 Å². The molecule has 0 amide bonds. The van der Waals surface area contributed by atoms with Crippen molar-refractivity contribution < 1.29 is 14.6 Å². The maximum absolute atomic E-state index is 10.8. The minimum absolute atomic E-state index is 0.330. The smallest absolute Gasteiger partial charge is 0.325 e. The Kier molecular flexibility index (Phi) is 2.67. The van der Waals surface area contributed by atoms with Crippen LogP contribution in [0.3, 0.4) is 0 Å². The molecule has 0 radical (unpaired) electrons. The lowest BCUT2D eigenvalue weighted by Crippen LogP contribution is -2.27. The number of ether oxygens (including phenoxy) is 1. The van der Waals surface area contributed by atoms with E-state index in [4.69, 9.17) is 15.6 Å². The van der Waals surface area contributed by atoms with Crippen LogP contribution in [0.15, 0.2) is 24.3 Å². The summed E-state index contributed by atoms with van der Waals surface area (Å²) in [6, 6.07) is 4.20. The quantitative estimate of drug-likeness (QED) is 0.819. The lowest BCUT2D eigenvalue weighted by atomic mass is 9.98. The fraction of sp³-hybridized carbons (Fsp3) is 0.308. The molecular formula is C13H15NO3. The van der Waals surface area contributed by atoms with Gasteiger partial charge in [0.2, 0.25) is 0 Å². The van der Waals surface area contributed by atoms with Crippen molar-refractivity contribution in [3.63, 3.8) is 0 Å². The number of fused-ring (bicyclic) bond motifs is 1. The van der Waals surface area contributed by atoms with Gasteiger partial charge >= 0.3 is 5.97 Å². The largest absolute Gasteiger partial charge is 0.483 e. The summed E-state index contributed by atoms with van der Waals surface area (Å²) in [6.07, 6.45) is 3.86. The Morgan fingerprint density at radius 2 is 2.18 bits per heavy atom. The first-order valence-electron chi connectivity index (χ1n) is 5.40. The third kappa shape index (κ3) is 2.31. The van der Waals surface area contributed by atoms with Gasteiger partial charge in [-0.15, -0.1) is 0 Å². The van der Waals surface area contributed by atoms with Crippen molar-refractivity contribution in [2.24, 2.45) is 5.73 Å². The Morgan fingerprint density at radius 3 is 2.82 bits per heavy atom. The molecule has 0 spiro atoms. The predicted molar refractivity (Wildman–Crippen MR) is 64.7 cm³/mol. The molecule has 1 aliphatic rings. The van der Waals surface area contributed by atoms with Crippen LogP contribution in [-0.4, -0.2) is 16.7 Å². The molecule has 3 N–H and O–H groups in total. The summed E-state index contributed by atoms with van der Waals surface area (Å²) in [4.78, 5) is 10.8. The molecule has 1 atom stereocenters. The monoisotopic (exact) mass is 233 g/mol. The number of rotatable bonds is 2. The van der Waals surface area contributed by atoms with E-state index in [9.17, 15) is 4.79 Å². The highest BCUT2D eigenvalue weighted by molar-refractivity contribution is 5.76. The normalized spacial score (nSPS) is 18.1. The molecule has 1 unspecified atom stereocenters. The first-order valence-corrected chi connectivity index (χ1v) is 5.40. The van der Waals surface area contributed by atoms with E-state index in [1.54, 1.807) is 18.2 Å². The fourth-order valence-corrected chi connectivity index (χ4v) is 1.73. The Bertz CT molecular complexity index is 491. The first kappa shape index (κ1) is 11.7. The lowest BCUT2D eigenvalue weighted by Gasteiger charge is -2.28. The maximum atomic E-state index is 10.8. The second kappa shape index (κ2) is 3.89. The molecule has 1 aromatic rings. The summed E-state index contributed by atoms with van der Waals surface area (Å²) in [5.74, 6) is -0.287. The average Bonchev–Trinajstić information content (AvgIpc) is 2.26. The number of carboxylic acids is 1. The van der Waals surface area contributed by atoms with Crippen molar-refractivity contribution in [3.05, 3.63) is 35.4 Å².